The van der Waals surface area contributed by atoms with E-state index in [4.69, 9.17) is 5.73 Å². The van der Waals surface area contributed by atoms with Crippen LogP contribution in [0.3, 0.4) is 0 Å². The van der Waals surface area contributed by atoms with Crippen molar-refractivity contribution in [3.05, 3.63) is 38.9 Å². The standard InChI is InChI=1S/C11H12BrN3O/c12-7-3-4-8-9(2-1-5-13)14-11(16)15-10(8)6-7/h3-4,6H,1-2,5,13H2,(H,14,15,16). The highest BCUT2D eigenvalue weighted by molar-refractivity contribution is 9.10. The molecule has 5 heteroatoms. The summed E-state index contributed by atoms with van der Waals surface area (Å²) in [4.78, 5) is 18.1. The zero-order valence-corrected chi connectivity index (χ0v) is 10.3. The van der Waals surface area contributed by atoms with Crippen molar-refractivity contribution in [3.63, 3.8) is 0 Å². The predicted octanol–water partition coefficient (Wildman–Crippen LogP) is 1.58. The highest BCUT2D eigenvalue weighted by Crippen LogP contribution is 2.19. The van der Waals surface area contributed by atoms with Gasteiger partial charge in [0.15, 0.2) is 0 Å². The first-order chi connectivity index (χ1) is 7.70. The van der Waals surface area contributed by atoms with Crippen LogP contribution in [-0.4, -0.2) is 16.5 Å². The van der Waals surface area contributed by atoms with Gasteiger partial charge in [-0.3, -0.25) is 0 Å². The second-order valence-electron chi connectivity index (χ2n) is 3.57. The van der Waals surface area contributed by atoms with Crippen molar-refractivity contribution in [2.45, 2.75) is 12.8 Å². The molecule has 0 fully saturated rings. The van der Waals surface area contributed by atoms with Gasteiger partial charge in [-0.1, -0.05) is 15.9 Å². The molecule has 2 rings (SSSR count). The van der Waals surface area contributed by atoms with E-state index in [1.165, 1.54) is 0 Å². The van der Waals surface area contributed by atoms with Crippen LogP contribution in [0.1, 0.15) is 12.1 Å². The summed E-state index contributed by atoms with van der Waals surface area (Å²) in [7, 11) is 0. The highest BCUT2D eigenvalue weighted by atomic mass is 79.9. The molecule has 0 saturated heterocycles. The third-order valence-corrected chi connectivity index (χ3v) is 2.89. The molecule has 3 N–H and O–H groups in total. The van der Waals surface area contributed by atoms with Crippen LogP contribution in [-0.2, 0) is 6.42 Å². The minimum atomic E-state index is -0.308. The van der Waals surface area contributed by atoms with Gasteiger partial charge in [-0.25, -0.2) is 4.79 Å². The van der Waals surface area contributed by atoms with Crippen LogP contribution in [0.15, 0.2) is 27.5 Å². The summed E-state index contributed by atoms with van der Waals surface area (Å²) in [5.41, 5.74) is 6.78. The fourth-order valence-electron chi connectivity index (χ4n) is 1.66. The van der Waals surface area contributed by atoms with Crippen molar-refractivity contribution in [2.75, 3.05) is 6.54 Å². The number of aromatic amines is 1. The van der Waals surface area contributed by atoms with Crippen LogP contribution in [0.5, 0.6) is 0 Å². The third kappa shape index (κ3) is 2.31. The normalized spacial score (nSPS) is 10.9. The average molecular weight is 282 g/mol. The molecule has 0 amide bonds. The molecule has 0 aliphatic carbocycles. The molecule has 1 aromatic heterocycles. The lowest BCUT2D eigenvalue weighted by Crippen LogP contribution is -2.14. The zero-order chi connectivity index (χ0) is 11.5. The molecule has 84 valence electrons. The molecule has 4 nitrogen and oxygen atoms in total. The van der Waals surface area contributed by atoms with E-state index in [-0.39, 0.29) is 5.69 Å². The number of benzene rings is 1. The summed E-state index contributed by atoms with van der Waals surface area (Å²) in [5.74, 6) is 0. The van der Waals surface area contributed by atoms with Crippen molar-refractivity contribution in [1.29, 1.82) is 0 Å². The summed E-state index contributed by atoms with van der Waals surface area (Å²) >= 11 is 3.36. The molecule has 2 aromatic rings. The largest absolute Gasteiger partial charge is 0.345 e. The Morgan fingerprint density at radius 1 is 1.44 bits per heavy atom. The molecule has 0 atom stereocenters. The van der Waals surface area contributed by atoms with Crippen molar-refractivity contribution < 1.29 is 0 Å². The van der Waals surface area contributed by atoms with E-state index < -0.39 is 0 Å². The van der Waals surface area contributed by atoms with Crippen LogP contribution in [0.25, 0.3) is 10.9 Å². The molecular weight excluding hydrogens is 270 g/mol. The number of fused-ring (bicyclic) bond motifs is 1. The number of halogens is 1. The van der Waals surface area contributed by atoms with Crippen molar-refractivity contribution in [2.24, 2.45) is 5.73 Å². The molecule has 0 aliphatic heterocycles. The third-order valence-electron chi connectivity index (χ3n) is 2.40. The van der Waals surface area contributed by atoms with E-state index in [1.54, 1.807) is 0 Å². The number of nitrogens with one attached hydrogen (secondary N) is 1. The molecule has 0 unspecified atom stereocenters. The topological polar surface area (TPSA) is 71.8 Å². The SMILES string of the molecule is NCCCc1[nH]c(=O)nc2cc(Br)ccc12. The maximum absolute atomic E-state index is 11.4. The molecule has 0 aliphatic rings. The quantitative estimate of drug-likeness (QED) is 0.897. The lowest BCUT2D eigenvalue weighted by atomic mass is 10.1. The van der Waals surface area contributed by atoms with Gasteiger partial charge in [0.25, 0.3) is 0 Å². The number of aryl methyl sites for hydroxylation is 1. The van der Waals surface area contributed by atoms with Gasteiger partial charge >= 0.3 is 5.69 Å². The molecule has 1 heterocycles. The van der Waals surface area contributed by atoms with E-state index in [1.807, 2.05) is 18.2 Å². The van der Waals surface area contributed by atoms with E-state index in [2.05, 4.69) is 25.9 Å². The van der Waals surface area contributed by atoms with Gasteiger partial charge < -0.3 is 10.7 Å². The number of aromatic nitrogens is 2. The molecule has 16 heavy (non-hydrogen) atoms. The van der Waals surface area contributed by atoms with Gasteiger partial charge in [0, 0.05) is 15.6 Å². The minimum Gasteiger partial charge on any atom is -0.330 e. The lowest BCUT2D eigenvalue weighted by molar-refractivity contribution is 0.808. The maximum atomic E-state index is 11.4. The first-order valence-electron chi connectivity index (χ1n) is 5.09. The van der Waals surface area contributed by atoms with Gasteiger partial charge in [-0.05, 0) is 37.6 Å². The first-order valence-corrected chi connectivity index (χ1v) is 5.88. The Kier molecular flexibility index (Phi) is 3.36. The first kappa shape index (κ1) is 11.3. The summed E-state index contributed by atoms with van der Waals surface area (Å²) in [6, 6.07) is 5.74. The Morgan fingerprint density at radius 3 is 3.00 bits per heavy atom. The van der Waals surface area contributed by atoms with Gasteiger partial charge in [-0.15, -0.1) is 0 Å². The van der Waals surface area contributed by atoms with E-state index in [9.17, 15) is 4.79 Å². The number of nitrogens with zero attached hydrogens (tertiary/aromatic N) is 1. The zero-order valence-electron chi connectivity index (χ0n) is 8.66. The molecule has 0 saturated carbocycles. The Hall–Kier alpha value is -1.20. The smallest absolute Gasteiger partial charge is 0.330 e. The summed E-state index contributed by atoms with van der Waals surface area (Å²) in [6.07, 6.45) is 1.62. The van der Waals surface area contributed by atoms with Gasteiger partial charge in [0.2, 0.25) is 0 Å². The number of hydrogen-bond acceptors (Lipinski definition) is 3. The minimum absolute atomic E-state index is 0.308. The average Bonchev–Trinajstić information content (AvgIpc) is 2.25. The van der Waals surface area contributed by atoms with Gasteiger partial charge in [-0.2, -0.15) is 4.98 Å². The molecule has 0 radical (unpaired) electrons. The van der Waals surface area contributed by atoms with Crippen molar-refractivity contribution in [3.8, 4) is 0 Å². The van der Waals surface area contributed by atoms with Crippen LogP contribution >= 0.6 is 15.9 Å². The van der Waals surface area contributed by atoms with Crippen LogP contribution < -0.4 is 11.4 Å². The van der Waals surface area contributed by atoms with Crippen molar-refractivity contribution >= 4 is 26.8 Å². The summed E-state index contributed by atoms with van der Waals surface area (Å²) in [5, 5.41) is 0.983. The predicted molar refractivity (Wildman–Crippen MR) is 67.4 cm³/mol. The van der Waals surface area contributed by atoms with Crippen LogP contribution in [0.2, 0.25) is 0 Å². The Bertz CT molecular complexity index is 565. The maximum Gasteiger partial charge on any atom is 0.345 e. The van der Waals surface area contributed by atoms with Crippen LogP contribution in [0.4, 0.5) is 0 Å². The highest BCUT2D eigenvalue weighted by Gasteiger charge is 2.04. The van der Waals surface area contributed by atoms with E-state index in [0.29, 0.717) is 12.1 Å². The van der Waals surface area contributed by atoms with Crippen molar-refractivity contribution in [1.82, 2.24) is 9.97 Å². The van der Waals surface area contributed by atoms with Crippen LogP contribution in [0, 0.1) is 0 Å². The summed E-state index contributed by atoms with van der Waals surface area (Å²) < 4.78 is 0.919. The molecule has 0 bridgehead atoms. The Labute approximate surface area is 101 Å². The second-order valence-corrected chi connectivity index (χ2v) is 4.49. The number of hydrogen-bond donors (Lipinski definition) is 2. The lowest BCUT2D eigenvalue weighted by Gasteiger charge is -2.05. The molecule has 0 spiro atoms. The molecule has 1 aromatic carbocycles. The monoisotopic (exact) mass is 281 g/mol. The Morgan fingerprint density at radius 2 is 2.25 bits per heavy atom. The summed E-state index contributed by atoms with van der Waals surface area (Å²) in [6.45, 7) is 0.613. The fourth-order valence-corrected chi connectivity index (χ4v) is 2.01. The number of H-pyrrole nitrogens is 1. The fraction of sp³-hybridized carbons (Fsp3) is 0.273. The number of rotatable bonds is 3. The number of nitrogens with two attached hydrogens (primary N) is 1. The molecular formula is C11H12BrN3O. The van der Waals surface area contributed by atoms with E-state index in [0.717, 1.165) is 28.4 Å². The second kappa shape index (κ2) is 4.76. The van der Waals surface area contributed by atoms with Gasteiger partial charge in [0.1, 0.15) is 0 Å². The van der Waals surface area contributed by atoms with E-state index >= 15 is 0 Å². The Balaban J connectivity index is 2.58. The van der Waals surface area contributed by atoms with Gasteiger partial charge in [0.05, 0.1) is 5.52 Å².